The number of para-hydroxylation sites is 1. The van der Waals surface area contributed by atoms with Crippen molar-refractivity contribution < 1.29 is 9.59 Å². The first kappa shape index (κ1) is 16.1. The summed E-state index contributed by atoms with van der Waals surface area (Å²) in [5.41, 5.74) is 2.79. The summed E-state index contributed by atoms with van der Waals surface area (Å²) >= 11 is 0. The lowest BCUT2D eigenvalue weighted by Gasteiger charge is -2.17. The van der Waals surface area contributed by atoms with E-state index in [9.17, 15) is 9.59 Å². The minimum atomic E-state index is -0.486. The molecule has 1 aliphatic rings. The molecule has 5 heteroatoms. The average Bonchev–Trinajstić information content (AvgIpc) is 2.97. The molecule has 0 aromatic heterocycles. The van der Waals surface area contributed by atoms with Crippen LogP contribution in [0.5, 0.6) is 0 Å². The van der Waals surface area contributed by atoms with E-state index in [2.05, 4.69) is 17.6 Å². The van der Waals surface area contributed by atoms with Crippen molar-refractivity contribution in [3.8, 4) is 0 Å². The fraction of sp³-hybridized carbons (Fsp3) is 0.263. The van der Waals surface area contributed by atoms with Crippen molar-refractivity contribution in [2.45, 2.75) is 25.8 Å². The Morgan fingerprint density at radius 1 is 1.12 bits per heavy atom. The first-order valence-corrected chi connectivity index (χ1v) is 8.20. The van der Waals surface area contributed by atoms with Gasteiger partial charge in [-0.2, -0.15) is 0 Å². The Balaban J connectivity index is 1.58. The second-order valence-electron chi connectivity index (χ2n) is 5.82. The van der Waals surface area contributed by atoms with Gasteiger partial charge in [-0.05, 0) is 42.7 Å². The molecule has 3 rings (SSSR count). The quantitative estimate of drug-likeness (QED) is 0.908. The molecule has 0 radical (unpaired) electrons. The minimum absolute atomic E-state index is 0.0716. The Kier molecular flexibility index (Phi) is 4.79. The molecule has 2 N–H and O–H groups in total. The molecule has 124 valence electrons. The molecule has 5 nitrogen and oxygen atoms in total. The van der Waals surface area contributed by atoms with Gasteiger partial charge in [-0.15, -0.1) is 0 Å². The maximum Gasteiger partial charge on any atom is 0.319 e. The largest absolute Gasteiger partial charge is 0.326 e. The predicted octanol–water partition coefficient (Wildman–Crippen LogP) is 3.18. The van der Waals surface area contributed by atoms with Gasteiger partial charge >= 0.3 is 6.03 Å². The molecular weight excluding hydrogens is 302 g/mol. The third kappa shape index (κ3) is 3.56. The molecule has 1 aliphatic heterocycles. The third-order valence-electron chi connectivity index (χ3n) is 4.20. The van der Waals surface area contributed by atoms with Crippen LogP contribution in [-0.2, 0) is 11.2 Å². The molecule has 0 bridgehead atoms. The van der Waals surface area contributed by atoms with Crippen LogP contribution in [0, 0.1) is 0 Å². The van der Waals surface area contributed by atoms with Crippen LogP contribution in [0.3, 0.4) is 0 Å². The Bertz CT molecular complexity index is 713. The first-order valence-electron chi connectivity index (χ1n) is 8.20. The topological polar surface area (TPSA) is 61.4 Å². The van der Waals surface area contributed by atoms with E-state index in [1.54, 1.807) is 4.90 Å². The van der Waals surface area contributed by atoms with Crippen LogP contribution in [0.15, 0.2) is 54.6 Å². The molecule has 1 fully saturated rings. The Labute approximate surface area is 141 Å². The maximum absolute atomic E-state index is 12.5. The van der Waals surface area contributed by atoms with E-state index in [4.69, 9.17) is 0 Å². The molecule has 0 spiro atoms. The van der Waals surface area contributed by atoms with Crippen LogP contribution in [-0.4, -0.2) is 24.5 Å². The van der Waals surface area contributed by atoms with E-state index in [0.29, 0.717) is 13.0 Å². The lowest BCUT2D eigenvalue weighted by Crippen LogP contribution is -2.43. The summed E-state index contributed by atoms with van der Waals surface area (Å²) < 4.78 is 0. The maximum atomic E-state index is 12.5. The summed E-state index contributed by atoms with van der Waals surface area (Å²) in [6.45, 7) is 2.69. The highest BCUT2D eigenvalue weighted by Crippen LogP contribution is 2.21. The zero-order valence-electron chi connectivity index (χ0n) is 13.7. The Morgan fingerprint density at radius 2 is 1.83 bits per heavy atom. The first-order chi connectivity index (χ1) is 11.7. The monoisotopic (exact) mass is 323 g/mol. The number of carbonyl (C=O) groups excluding carboxylic acids is 2. The smallest absolute Gasteiger partial charge is 0.319 e. The molecule has 0 unspecified atom stereocenters. The third-order valence-corrected chi connectivity index (χ3v) is 4.20. The zero-order chi connectivity index (χ0) is 16.9. The molecule has 2 aromatic carbocycles. The van der Waals surface area contributed by atoms with E-state index >= 15 is 0 Å². The van der Waals surface area contributed by atoms with Crippen molar-refractivity contribution in [1.29, 1.82) is 0 Å². The molecule has 2 aromatic rings. The summed E-state index contributed by atoms with van der Waals surface area (Å²) in [4.78, 5) is 26.3. The normalized spacial score (nSPS) is 17.0. The fourth-order valence-electron chi connectivity index (χ4n) is 2.83. The van der Waals surface area contributed by atoms with E-state index in [1.807, 2.05) is 54.6 Å². The fourth-order valence-corrected chi connectivity index (χ4v) is 2.83. The summed E-state index contributed by atoms with van der Waals surface area (Å²) in [5.74, 6) is -0.0716. The van der Waals surface area contributed by atoms with Gasteiger partial charge in [-0.3, -0.25) is 4.79 Å². The number of hydrogen-bond donors (Lipinski definition) is 2. The number of anilines is 2. The Hall–Kier alpha value is -2.82. The number of nitrogens with zero attached hydrogens (tertiary/aromatic N) is 1. The molecule has 0 aliphatic carbocycles. The van der Waals surface area contributed by atoms with Gasteiger partial charge in [0.15, 0.2) is 0 Å². The highest BCUT2D eigenvalue weighted by Gasteiger charge is 2.33. The number of rotatable bonds is 4. The molecular formula is C19H21N3O2. The lowest BCUT2D eigenvalue weighted by atomic mass is 10.1. The van der Waals surface area contributed by atoms with Crippen molar-refractivity contribution >= 4 is 23.3 Å². The molecule has 24 heavy (non-hydrogen) atoms. The van der Waals surface area contributed by atoms with Crippen LogP contribution in [0.1, 0.15) is 18.9 Å². The van der Waals surface area contributed by atoms with E-state index in [0.717, 1.165) is 17.8 Å². The van der Waals surface area contributed by atoms with Gasteiger partial charge in [0.25, 0.3) is 0 Å². The summed E-state index contributed by atoms with van der Waals surface area (Å²) in [7, 11) is 0. The van der Waals surface area contributed by atoms with Crippen molar-refractivity contribution in [1.82, 2.24) is 5.32 Å². The van der Waals surface area contributed by atoms with Crippen molar-refractivity contribution in [2.24, 2.45) is 0 Å². The van der Waals surface area contributed by atoms with Gasteiger partial charge in [0.05, 0.1) is 0 Å². The number of amides is 3. The predicted molar refractivity (Wildman–Crippen MR) is 95.2 cm³/mol. The van der Waals surface area contributed by atoms with Gasteiger partial charge in [0.1, 0.15) is 6.04 Å². The van der Waals surface area contributed by atoms with Gasteiger partial charge in [-0.1, -0.05) is 37.3 Å². The van der Waals surface area contributed by atoms with Gasteiger partial charge in [0.2, 0.25) is 5.91 Å². The van der Waals surface area contributed by atoms with Crippen LogP contribution in [0.25, 0.3) is 0 Å². The molecule has 0 saturated carbocycles. The summed E-state index contributed by atoms with van der Waals surface area (Å²) in [5, 5.41) is 5.54. The summed E-state index contributed by atoms with van der Waals surface area (Å²) in [6, 6.07) is 16.4. The van der Waals surface area contributed by atoms with E-state index in [-0.39, 0.29) is 11.9 Å². The highest BCUT2D eigenvalue weighted by atomic mass is 16.2. The number of benzene rings is 2. The van der Waals surface area contributed by atoms with Crippen molar-refractivity contribution in [3.63, 3.8) is 0 Å². The highest BCUT2D eigenvalue weighted by molar-refractivity contribution is 6.02. The van der Waals surface area contributed by atoms with Crippen molar-refractivity contribution in [2.75, 3.05) is 16.8 Å². The number of aryl methyl sites for hydroxylation is 1. The van der Waals surface area contributed by atoms with E-state index < -0.39 is 6.04 Å². The lowest BCUT2D eigenvalue weighted by molar-refractivity contribution is -0.118. The van der Waals surface area contributed by atoms with Crippen LogP contribution in [0.2, 0.25) is 0 Å². The van der Waals surface area contributed by atoms with E-state index in [1.165, 1.54) is 5.56 Å². The Morgan fingerprint density at radius 3 is 2.50 bits per heavy atom. The van der Waals surface area contributed by atoms with Gasteiger partial charge < -0.3 is 15.5 Å². The minimum Gasteiger partial charge on any atom is -0.326 e. The van der Waals surface area contributed by atoms with Gasteiger partial charge in [-0.25, -0.2) is 4.79 Å². The summed E-state index contributed by atoms with van der Waals surface area (Å²) in [6.07, 6.45) is 1.56. The van der Waals surface area contributed by atoms with Gasteiger partial charge in [0, 0.05) is 17.9 Å². The second-order valence-corrected chi connectivity index (χ2v) is 5.82. The van der Waals surface area contributed by atoms with Crippen LogP contribution >= 0.6 is 0 Å². The number of urea groups is 1. The molecule has 1 saturated heterocycles. The van der Waals surface area contributed by atoms with Crippen LogP contribution < -0.4 is 15.5 Å². The molecule has 1 atom stereocenters. The standard InChI is InChI=1S/C19H21N3O2/c1-2-14-8-10-15(11-9-14)20-19(24)21-17-12-13-22(18(17)23)16-6-4-3-5-7-16/h3-11,17H,2,12-13H2,1H3,(H2,20,21,24)/t17-/m0/s1. The average molecular weight is 323 g/mol. The number of hydrogen-bond acceptors (Lipinski definition) is 2. The second kappa shape index (κ2) is 7.17. The SMILES string of the molecule is CCc1ccc(NC(=O)N[C@H]2CCN(c3ccccc3)C2=O)cc1. The van der Waals surface area contributed by atoms with Crippen LogP contribution in [0.4, 0.5) is 16.2 Å². The number of carbonyl (C=O) groups is 2. The number of nitrogens with one attached hydrogen (secondary N) is 2. The molecule has 1 heterocycles. The van der Waals surface area contributed by atoms with Crippen molar-refractivity contribution in [3.05, 3.63) is 60.2 Å². The molecule has 3 amide bonds. The zero-order valence-corrected chi connectivity index (χ0v) is 13.7.